The molecular weight excluding hydrogens is 477 g/mol. The summed E-state index contributed by atoms with van der Waals surface area (Å²) in [6.07, 6.45) is -3.15. The number of anilines is 1. The van der Waals surface area contributed by atoms with E-state index < -0.39 is 42.5 Å². The van der Waals surface area contributed by atoms with Crippen LogP contribution >= 0.6 is 0 Å². The zero-order valence-corrected chi connectivity index (χ0v) is 20.5. The number of nitrogens with zero attached hydrogens (tertiary/aromatic N) is 1. The summed E-state index contributed by atoms with van der Waals surface area (Å²) in [5.74, 6) is -0.894. The summed E-state index contributed by atoms with van der Waals surface area (Å²) in [6.45, 7) is 3.99. The Balaban J connectivity index is 1.33. The van der Waals surface area contributed by atoms with Crippen LogP contribution < -0.4 is 9.64 Å². The number of hydrogen-bond acceptors (Lipinski definition) is 6. The van der Waals surface area contributed by atoms with Crippen LogP contribution in [0.2, 0.25) is 0 Å². The van der Waals surface area contributed by atoms with Crippen LogP contribution in [-0.2, 0) is 30.3 Å². The molecule has 3 saturated heterocycles. The minimum absolute atomic E-state index is 0.245. The Morgan fingerprint density at radius 1 is 0.892 bits per heavy atom. The topological polar surface area (TPSA) is 66.5 Å². The summed E-state index contributed by atoms with van der Waals surface area (Å²) in [6, 6.07) is 24.2. The summed E-state index contributed by atoms with van der Waals surface area (Å²) in [5, 5.41) is 0. The van der Waals surface area contributed by atoms with Crippen LogP contribution in [-0.4, -0.2) is 48.4 Å². The van der Waals surface area contributed by atoms with Gasteiger partial charge < -0.3 is 23.7 Å². The smallest absolute Gasteiger partial charge is 0.270 e. The van der Waals surface area contributed by atoms with Crippen LogP contribution in [0.25, 0.3) is 0 Å². The molecule has 0 N–H and O–H groups in total. The minimum atomic E-state index is -0.833. The summed E-state index contributed by atoms with van der Waals surface area (Å²) in [7, 11) is 0. The molecule has 3 aromatic rings. The Kier molecular flexibility index (Phi) is 6.20. The predicted molar refractivity (Wildman–Crippen MR) is 132 cm³/mol. The first-order valence-corrected chi connectivity index (χ1v) is 12.4. The first kappa shape index (κ1) is 24.1. The number of β-lactam (4-membered cyclic amide) rings is 1. The van der Waals surface area contributed by atoms with Crippen molar-refractivity contribution in [3.05, 3.63) is 96.3 Å². The monoisotopic (exact) mass is 505 g/mol. The van der Waals surface area contributed by atoms with E-state index in [0.717, 1.165) is 5.56 Å². The maximum atomic E-state index is 13.7. The van der Waals surface area contributed by atoms with Crippen molar-refractivity contribution in [2.45, 2.75) is 63.0 Å². The lowest BCUT2D eigenvalue weighted by Gasteiger charge is -2.49. The summed E-state index contributed by atoms with van der Waals surface area (Å²) in [5.41, 5.74) is 1.55. The second-order valence-corrected chi connectivity index (χ2v) is 9.86. The third-order valence-corrected chi connectivity index (χ3v) is 6.85. The van der Waals surface area contributed by atoms with E-state index >= 15 is 0 Å². The highest BCUT2D eigenvalue weighted by atomic mass is 19.1. The Bertz CT molecular complexity index is 1240. The average molecular weight is 506 g/mol. The fraction of sp³-hybridized carbons (Fsp3) is 0.345. The number of carbonyl (C=O) groups is 1. The molecule has 0 bridgehead atoms. The van der Waals surface area contributed by atoms with Gasteiger partial charge in [-0.05, 0) is 55.8 Å². The minimum Gasteiger partial charge on any atom is -0.478 e. The fourth-order valence-corrected chi connectivity index (χ4v) is 5.20. The van der Waals surface area contributed by atoms with E-state index in [4.69, 9.17) is 23.7 Å². The van der Waals surface area contributed by atoms with E-state index in [2.05, 4.69) is 0 Å². The SMILES string of the molecule is CC1(C)O[C@H]2O[C@H]([C@@H]3[C@H](Oc4ccccc4)C(=O)N3c3ccc(F)cc3)[C@H](OCc3ccccc3)[C@H]2O1. The fourth-order valence-electron chi connectivity index (χ4n) is 5.20. The molecule has 192 valence electrons. The molecule has 3 fully saturated rings. The molecule has 7 nitrogen and oxygen atoms in total. The summed E-state index contributed by atoms with van der Waals surface area (Å²) >= 11 is 0. The Morgan fingerprint density at radius 3 is 2.27 bits per heavy atom. The highest BCUT2D eigenvalue weighted by molar-refractivity contribution is 6.05. The molecule has 0 aliphatic carbocycles. The van der Waals surface area contributed by atoms with Gasteiger partial charge in [0.2, 0.25) is 6.10 Å². The Labute approximate surface area is 214 Å². The zero-order valence-electron chi connectivity index (χ0n) is 20.5. The number of amides is 1. The number of ether oxygens (including phenoxy) is 5. The molecule has 6 atom stereocenters. The van der Waals surface area contributed by atoms with Crippen molar-refractivity contribution < 1.29 is 32.9 Å². The van der Waals surface area contributed by atoms with Gasteiger partial charge in [0, 0.05) is 5.69 Å². The predicted octanol–water partition coefficient (Wildman–Crippen LogP) is 4.45. The molecule has 8 heteroatoms. The maximum Gasteiger partial charge on any atom is 0.270 e. The van der Waals surface area contributed by atoms with Gasteiger partial charge in [-0.3, -0.25) is 9.69 Å². The van der Waals surface area contributed by atoms with Crippen molar-refractivity contribution >= 4 is 11.6 Å². The van der Waals surface area contributed by atoms with Crippen LogP contribution in [0.5, 0.6) is 5.75 Å². The van der Waals surface area contributed by atoms with E-state index in [9.17, 15) is 9.18 Å². The van der Waals surface area contributed by atoms with Crippen LogP contribution in [0.1, 0.15) is 19.4 Å². The molecule has 0 spiro atoms. The van der Waals surface area contributed by atoms with E-state index in [0.29, 0.717) is 18.0 Å². The Hall–Kier alpha value is -3.30. The van der Waals surface area contributed by atoms with Gasteiger partial charge in [0.25, 0.3) is 5.91 Å². The van der Waals surface area contributed by atoms with Gasteiger partial charge >= 0.3 is 0 Å². The van der Waals surface area contributed by atoms with Gasteiger partial charge in [0.1, 0.15) is 35.9 Å². The van der Waals surface area contributed by atoms with Crippen molar-refractivity contribution in [1.29, 1.82) is 0 Å². The first-order chi connectivity index (χ1) is 17.9. The maximum absolute atomic E-state index is 13.7. The van der Waals surface area contributed by atoms with E-state index in [1.165, 1.54) is 12.1 Å². The van der Waals surface area contributed by atoms with Crippen molar-refractivity contribution in [1.82, 2.24) is 0 Å². The third-order valence-electron chi connectivity index (χ3n) is 6.85. The van der Waals surface area contributed by atoms with Gasteiger partial charge in [-0.15, -0.1) is 0 Å². The number of rotatable bonds is 7. The summed E-state index contributed by atoms with van der Waals surface area (Å²) < 4.78 is 44.9. The molecule has 6 rings (SSSR count). The molecule has 1 amide bonds. The normalized spacial score (nSPS) is 30.1. The third kappa shape index (κ3) is 4.62. The molecule has 3 aliphatic heterocycles. The van der Waals surface area contributed by atoms with E-state index in [1.54, 1.807) is 29.2 Å². The average Bonchev–Trinajstić information content (AvgIpc) is 3.37. The molecule has 0 aromatic heterocycles. The standard InChI is InChI=1S/C29H28FNO6/c1-29(2)36-26-25(33-17-18-9-5-3-6-10-18)23(35-28(26)37-29)22-24(34-21-11-7-4-8-12-21)27(32)31(22)20-15-13-19(30)14-16-20/h3-16,22-26,28H,17H2,1-2H3/t22-,23-,24+,25+,26-,28-/m1/s1. The van der Waals surface area contributed by atoms with Crippen molar-refractivity contribution in [2.75, 3.05) is 4.90 Å². The highest BCUT2D eigenvalue weighted by Crippen LogP contribution is 2.44. The lowest BCUT2D eigenvalue weighted by atomic mass is 9.88. The van der Waals surface area contributed by atoms with Crippen molar-refractivity contribution in [2.24, 2.45) is 0 Å². The molecule has 3 aromatic carbocycles. The largest absolute Gasteiger partial charge is 0.478 e. The second-order valence-electron chi connectivity index (χ2n) is 9.86. The van der Waals surface area contributed by atoms with Gasteiger partial charge in [-0.25, -0.2) is 4.39 Å². The van der Waals surface area contributed by atoms with Crippen LogP contribution in [0, 0.1) is 5.82 Å². The van der Waals surface area contributed by atoms with E-state index in [1.807, 2.05) is 62.4 Å². The zero-order chi connectivity index (χ0) is 25.6. The number of halogens is 1. The van der Waals surface area contributed by atoms with E-state index in [-0.39, 0.29) is 11.7 Å². The first-order valence-electron chi connectivity index (χ1n) is 12.4. The lowest BCUT2D eigenvalue weighted by molar-refractivity contribution is -0.226. The number of benzene rings is 3. The van der Waals surface area contributed by atoms with Gasteiger partial charge in [0.05, 0.1) is 6.61 Å². The molecule has 0 saturated carbocycles. The molecule has 0 radical (unpaired) electrons. The highest BCUT2D eigenvalue weighted by Gasteiger charge is 2.64. The quantitative estimate of drug-likeness (QED) is 0.442. The summed E-state index contributed by atoms with van der Waals surface area (Å²) in [4.78, 5) is 15.0. The molecule has 3 heterocycles. The molecule has 3 aliphatic rings. The van der Waals surface area contributed by atoms with Crippen molar-refractivity contribution in [3.8, 4) is 5.75 Å². The molecule has 0 unspecified atom stereocenters. The van der Waals surface area contributed by atoms with Gasteiger partial charge in [-0.2, -0.15) is 0 Å². The van der Waals surface area contributed by atoms with Crippen LogP contribution in [0.15, 0.2) is 84.9 Å². The lowest BCUT2D eigenvalue weighted by Crippen LogP contribution is -2.73. The van der Waals surface area contributed by atoms with Gasteiger partial charge in [-0.1, -0.05) is 48.5 Å². The second kappa shape index (κ2) is 9.54. The molecular formula is C29H28FNO6. The van der Waals surface area contributed by atoms with Crippen LogP contribution in [0.3, 0.4) is 0 Å². The number of hydrogen-bond donors (Lipinski definition) is 0. The number of fused-ring (bicyclic) bond motifs is 1. The van der Waals surface area contributed by atoms with Crippen LogP contribution in [0.4, 0.5) is 10.1 Å². The number of carbonyl (C=O) groups excluding carboxylic acids is 1. The van der Waals surface area contributed by atoms with Gasteiger partial charge in [0.15, 0.2) is 12.1 Å². The van der Waals surface area contributed by atoms with Crippen molar-refractivity contribution in [3.63, 3.8) is 0 Å². The number of para-hydroxylation sites is 1. The Morgan fingerprint density at radius 2 is 1.57 bits per heavy atom. The molecule has 37 heavy (non-hydrogen) atoms.